The Balaban J connectivity index is 1.98. The van der Waals surface area contributed by atoms with Gasteiger partial charge in [0.05, 0.1) is 4.92 Å². The van der Waals surface area contributed by atoms with Gasteiger partial charge in [-0.2, -0.15) is 0 Å². The van der Waals surface area contributed by atoms with E-state index in [0.29, 0.717) is 16.6 Å². The van der Waals surface area contributed by atoms with E-state index >= 15 is 0 Å². The van der Waals surface area contributed by atoms with Gasteiger partial charge in [0.15, 0.2) is 0 Å². The molecule has 0 aliphatic carbocycles. The van der Waals surface area contributed by atoms with Crippen molar-refractivity contribution in [2.75, 3.05) is 31.5 Å². The number of nitro benzene ring substituents is 1. The van der Waals surface area contributed by atoms with Crippen molar-refractivity contribution in [1.29, 1.82) is 0 Å². The van der Waals surface area contributed by atoms with E-state index in [4.69, 9.17) is 11.6 Å². The highest BCUT2D eigenvalue weighted by atomic mass is 35.5. The molecule has 1 heterocycles. The lowest BCUT2D eigenvalue weighted by Crippen LogP contribution is -2.22. The first-order chi connectivity index (χ1) is 9.10. The van der Waals surface area contributed by atoms with Crippen LogP contribution in [0.2, 0.25) is 5.02 Å². The van der Waals surface area contributed by atoms with Gasteiger partial charge in [0.2, 0.25) is 0 Å². The van der Waals surface area contributed by atoms with Gasteiger partial charge >= 0.3 is 0 Å². The van der Waals surface area contributed by atoms with E-state index in [1.54, 1.807) is 12.1 Å². The summed E-state index contributed by atoms with van der Waals surface area (Å²) in [4.78, 5) is 13.0. The number of rotatable bonds is 5. The van der Waals surface area contributed by atoms with Crippen molar-refractivity contribution >= 4 is 23.0 Å². The number of nitrogens with zero attached hydrogens (tertiary/aromatic N) is 2. The maximum atomic E-state index is 11.0. The standard InChI is InChI=1S/C13H18ClN3O2/c1-2-16-6-5-10(9-16)8-15-12-4-3-11(14)7-13(12)17(18)19/h3-4,7,10,15H,2,5-6,8-9H2,1H3. The van der Waals surface area contributed by atoms with Gasteiger partial charge in [-0.25, -0.2) is 0 Å². The fraction of sp³-hybridized carbons (Fsp3) is 0.538. The van der Waals surface area contributed by atoms with Crippen LogP contribution >= 0.6 is 11.6 Å². The normalized spacial score (nSPS) is 19.6. The molecule has 1 N–H and O–H groups in total. The van der Waals surface area contributed by atoms with Crippen LogP contribution in [0.15, 0.2) is 18.2 Å². The highest BCUT2D eigenvalue weighted by Gasteiger charge is 2.22. The molecular formula is C13H18ClN3O2. The van der Waals surface area contributed by atoms with Crippen molar-refractivity contribution in [1.82, 2.24) is 4.90 Å². The van der Waals surface area contributed by atoms with Crippen molar-refractivity contribution in [3.8, 4) is 0 Å². The Morgan fingerprint density at radius 2 is 2.37 bits per heavy atom. The van der Waals surface area contributed by atoms with Crippen molar-refractivity contribution in [2.45, 2.75) is 13.3 Å². The number of benzene rings is 1. The molecule has 0 saturated carbocycles. The second-order valence-corrected chi connectivity index (χ2v) is 5.28. The second kappa shape index (κ2) is 6.21. The van der Waals surface area contributed by atoms with Gasteiger partial charge in [0.25, 0.3) is 5.69 Å². The quantitative estimate of drug-likeness (QED) is 0.667. The molecule has 0 aromatic heterocycles. The number of nitro groups is 1. The van der Waals surface area contributed by atoms with E-state index in [9.17, 15) is 10.1 Å². The van der Waals surface area contributed by atoms with Gasteiger partial charge < -0.3 is 10.2 Å². The smallest absolute Gasteiger partial charge is 0.293 e. The Morgan fingerprint density at radius 1 is 1.58 bits per heavy atom. The average Bonchev–Trinajstić information content (AvgIpc) is 2.85. The number of likely N-dealkylation sites (tertiary alicyclic amines) is 1. The third-order valence-corrected chi connectivity index (χ3v) is 3.79. The van der Waals surface area contributed by atoms with Gasteiger partial charge in [-0.15, -0.1) is 0 Å². The van der Waals surface area contributed by atoms with E-state index in [-0.39, 0.29) is 5.69 Å². The fourth-order valence-electron chi connectivity index (χ4n) is 2.43. The Kier molecular flexibility index (Phi) is 4.61. The van der Waals surface area contributed by atoms with Crippen LogP contribution in [0.3, 0.4) is 0 Å². The minimum absolute atomic E-state index is 0.0397. The molecule has 0 amide bonds. The molecule has 1 unspecified atom stereocenters. The van der Waals surface area contributed by atoms with E-state index < -0.39 is 4.92 Å². The molecule has 1 saturated heterocycles. The molecule has 0 spiro atoms. The van der Waals surface area contributed by atoms with Crippen LogP contribution in [0.5, 0.6) is 0 Å². The van der Waals surface area contributed by atoms with Crippen LogP contribution in [-0.4, -0.2) is 36.0 Å². The highest BCUT2D eigenvalue weighted by molar-refractivity contribution is 6.30. The monoisotopic (exact) mass is 283 g/mol. The van der Waals surface area contributed by atoms with Gasteiger partial charge in [-0.1, -0.05) is 18.5 Å². The molecule has 0 radical (unpaired) electrons. The Bertz CT molecular complexity index is 467. The van der Waals surface area contributed by atoms with Crippen LogP contribution in [0.4, 0.5) is 11.4 Å². The van der Waals surface area contributed by atoms with Crippen molar-refractivity contribution < 1.29 is 4.92 Å². The van der Waals surface area contributed by atoms with Crippen LogP contribution in [-0.2, 0) is 0 Å². The number of halogens is 1. The summed E-state index contributed by atoms with van der Waals surface area (Å²) in [5.41, 5.74) is 0.585. The zero-order valence-corrected chi connectivity index (χ0v) is 11.7. The minimum Gasteiger partial charge on any atom is -0.379 e. The zero-order valence-electron chi connectivity index (χ0n) is 10.9. The lowest BCUT2D eigenvalue weighted by molar-refractivity contribution is -0.383. The molecule has 19 heavy (non-hydrogen) atoms. The summed E-state index contributed by atoms with van der Waals surface area (Å²) in [6.45, 7) is 6.16. The first-order valence-corrected chi connectivity index (χ1v) is 6.88. The molecule has 1 fully saturated rings. The van der Waals surface area contributed by atoms with Gasteiger partial charge in [0.1, 0.15) is 5.69 Å². The Morgan fingerprint density at radius 3 is 3.00 bits per heavy atom. The highest BCUT2D eigenvalue weighted by Crippen LogP contribution is 2.28. The maximum absolute atomic E-state index is 11.0. The summed E-state index contributed by atoms with van der Waals surface area (Å²) < 4.78 is 0. The lowest BCUT2D eigenvalue weighted by atomic mass is 10.1. The van der Waals surface area contributed by atoms with Crippen LogP contribution in [0.25, 0.3) is 0 Å². The molecule has 1 aromatic carbocycles. The van der Waals surface area contributed by atoms with Gasteiger partial charge in [0, 0.05) is 24.2 Å². The summed E-state index contributed by atoms with van der Waals surface area (Å²) in [5.74, 6) is 0.551. The number of anilines is 1. The third-order valence-electron chi connectivity index (χ3n) is 3.55. The Labute approximate surface area is 117 Å². The molecule has 5 nitrogen and oxygen atoms in total. The van der Waals surface area contributed by atoms with Gasteiger partial charge in [-0.05, 0) is 37.6 Å². The van der Waals surface area contributed by atoms with Crippen molar-refractivity contribution in [3.63, 3.8) is 0 Å². The third kappa shape index (κ3) is 3.58. The van der Waals surface area contributed by atoms with Crippen molar-refractivity contribution in [2.24, 2.45) is 5.92 Å². The van der Waals surface area contributed by atoms with Crippen molar-refractivity contribution in [3.05, 3.63) is 33.3 Å². The zero-order chi connectivity index (χ0) is 13.8. The SMILES string of the molecule is CCN1CCC(CNc2ccc(Cl)cc2[N+](=O)[O-])C1. The van der Waals surface area contributed by atoms with Crippen LogP contribution < -0.4 is 5.32 Å². The molecule has 1 aromatic rings. The average molecular weight is 284 g/mol. The van der Waals surface area contributed by atoms with E-state index in [1.165, 1.54) is 6.07 Å². The fourth-order valence-corrected chi connectivity index (χ4v) is 2.59. The van der Waals surface area contributed by atoms with Crippen LogP contribution in [0, 0.1) is 16.0 Å². The molecule has 6 heteroatoms. The molecule has 1 aliphatic heterocycles. The molecule has 0 bridgehead atoms. The summed E-state index contributed by atoms with van der Waals surface area (Å²) in [6.07, 6.45) is 1.14. The topological polar surface area (TPSA) is 58.4 Å². The van der Waals surface area contributed by atoms with E-state index in [2.05, 4.69) is 17.1 Å². The predicted molar refractivity (Wildman–Crippen MR) is 76.8 cm³/mol. The first kappa shape index (κ1) is 14.1. The summed E-state index contributed by atoms with van der Waals surface area (Å²) in [7, 11) is 0. The summed E-state index contributed by atoms with van der Waals surface area (Å²) in [6, 6.07) is 4.73. The minimum atomic E-state index is -0.402. The van der Waals surface area contributed by atoms with E-state index in [0.717, 1.165) is 32.6 Å². The second-order valence-electron chi connectivity index (χ2n) is 4.85. The van der Waals surface area contributed by atoms with Crippen LogP contribution in [0.1, 0.15) is 13.3 Å². The molecular weight excluding hydrogens is 266 g/mol. The number of hydrogen-bond donors (Lipinski definition) is 1. The number of hydrogen-bond acceptors (Lipinski definition) is 4. The molecule has 104 valence electrons. The Hall–Kier alpha value is -1.33. The maximum Gasteiger partial charge on any atom is 0.293 e. The number of nitrogens with one attached hydrogen (secondary N) is 1. The molecule has 2 rings (SSSR count). The largest absolute Gasteiger partial charge is 0.379 e. The molecule has 1 atom stereocenters. The summed E-state index contributed by atoms with van der Waals surface area (Å²) >= 11 is 5.79. The summed E-state index contributed by atoms with van der Waals surface area (Å²) in [5, 5.41) is 14.5. The first-order valence-electron chi connectivity index (χ1n) is 6.50. The predicted octanol–water partition coefficient (Wildman–Crippen LogP) is 3.00. The van der Waals surface area contributed by atoms with E-state index in [1.807, 2.05) is 0 Å². The lowest BCUT2D eigenvalue weighted by Gasteiger charge is -2.14. The van der Waals surface area contributed by atoms with Gasteiger partial charge in [-0.3, -0.25) is 10.1 Å². The molecule has 1 aliphatic rings.